The summed E-state index contributed by atoms with van der Waals surface area (Å²) in [6.07, 6.45) is -0.517. The lowest BCUT2D eigenvalue weighted by Crippen LogP contribution is -2.35. The van der Waals surface area contributed by atoms with Crippen molar-refractivity contribution in [2.75, 3.05) is 26.4 Å². The molecule has 1 aliphatic heterocycles. The summed E-state index contributed by atoms with van der Waals surface area (Å²) in [5.74, 6) is 1.03. The van der Waals surface area contributed by atoms with E-state index in [1.54, 1.807) is 25.1 Å². The molecule has 1 aromatic carbocycles. The van der Waals surface area contributed by atoms with Crippen LogP contribution in [0.1, 0.15) is 12.5 Å². The maximum atomic E-state index is 11.4. The standard InChI is InChI=1S/C13H17N3O6/c1-2-14-13(17)22-11-4-3-10-8-15(5-6-21-16(18)19)9-20-12(10)7-11/h3-4,7H,2,5-6,8-9H2,1H3,(H,14,17). The van der Waals surface area contributed by atoms with Crippen LogP contribution < -0.4 is 14.8 Å². The second kappa shape index (κ2) is 7.46. The predicted octanol–water partition coefficient (Wildman–Crippen LogP) is 1.16. The van der Waals surface area contributed by atoms with Gasteiger partial charge >= 0.3 is 6.09 Å². The second-order valence-electron chi connectivity index (χ2n) is 4.57. The monoisotopic (exact) mass is 311 g/mol. The molecular formula is C13H17N3O6. The Hall–Kier alpha value is -2.55. The Bertz CT molecular complexity index is 551. The number of fused-ring (bicyclic) bond motifs is 1. The van der Waals surface area contributed by atoms with Gasteiger partial charge in [-0.1, -0.05) is 6.07 Å². The Kier molecular flexibility index (Phi) is 5.37. The molecule has 1 N–H and O–H groups in total. The first-order valence-corrected chi connectivity index (χ1v) is 6.79. The number of ether oxygens (including phenoxy) is 2. The molecular weight excluding hydrogens is 294 g/mol. The van der Waals surface area contributed by atoms with Crippen molar-refractivity contribution in [2.24, 2.45) is 0 Å². The molecule has 1 aromatic rings. The highest BCUT2D eigenvalue weighted by molar-refractivity contribution is 5.70. The Labute approximate surface area is 126 Å². The van der Waals surface area contributed by atoms with Crippen molar-refractivity contribution < 1.29 is 24.2 Å². The normalized spacial score (nSPS) is 13.7. The van der Waals surface area contributed by atoms with Crippen molar-refractivity contribution in [1.82, 2.24) is 10.2 Å². The topological polar surface area (TPSA) is 103 Å². The van der Waals surface area contributed by atoms with E-state index >= 15 is 0 Å². The van der Waals surface area contributed by atoms with Crippen LogP contribution in [0.2, 0.25) is 0 Å². The summed E-state index contributed by atoms with van der Waals surface area (Å²) in [7, 11) is 0. The van der Waals surface area contributed by atoms with Gasteiger partial charge in [0.05, 0.1) is 0 Å². The SMILES string of the molecule is CCNC(=O)Oc1ccc2c(c1)OCN(CCO[N+](=O)[O-])C2. The summed E-state index contributed by atoms with van der Waals surface area (Å²) in [5.41, 5.74) is 0.913. The van der Waals surface area contributed by atoms with Gasteiger partial charge < -0.3 is 19.6 Å². The van der Waals surface area contributed by atoms with Gasteiger partial charge in [-0.05, 0) is 13.0 Å². The van der Waals surface area contributed by atoms with E-state index in [4.69, 9.17) is 9.47 Å². The van der Waals surface area contributed by atoms with Crippen LogP contribution in [-0.4, -0.2) is 42.5 Å². The van der Waals surface area contributed by atoms with Crippen molar-refractivity contribution in [1.29, 1.82) is 0 Å². The first kappa shape index (κ1) is 15.8. The summed E-state index contributed by atoms with van der Waals surface area (Å²) in [6, 6.07) is 5.12. The molecule has 22 heavy (non-hydrogen) atoms. The number of benzene rings is 1. The Morgan fingerprint density at radius 1 is 1.55 bits per heavy atom. The van der Waals surface area contributed by atoms with E-state index in [-0.39, 0.29) is 6.61 Å². The molecule has 0 bridgehead atoms. The van der Waals surface area contributed by atoms with Crippen molar-refractivity contribution in [3.05, 3.63) is 33.9 Å². The first-order chi connectivity index (χ1) is 10.6. The zero-order valence-corrected chi connectivity index (χ0v) is 12.1. The molecule has 2 rings (SSSR count). The maximum absolute atomic E-state index is 11.4. The lowest BCUT2D eigenvalue weighted by atomic mass is 10.1. The van der Waals surface area contributed by atoms with Crippen molar-refractivity contribution in [2.45, 2.75) is 13.5 Å². The minimum Gasteiger partial charge on any atom is -0.478 e. The lowest BCUT2D eigenvalue weighted by molar-refractivity contribution is -0.757. The van der Waals surface area contributed by atoms with Crippen LogP contribution in [0, 0.1) is 10.1 Å². The summed E-state index contributed by atoms with van der Waals surface area (Å²) < 4.78 is 10.7. The van der Waals surface area contributed by atoms with Crippen LogP contribution in [0.25, 0.3) is 0 Å². The molecule has 9 nitrogen and oxygen atoms in total. The molecule has 1 aliphatic rings. The van der Waals surface area contributed by atoms with E-state index in [0.29, 0.717) is 37.9 Å². The third-order valence-electron chi connectivity index (χ3n) is 2.97. The highest BCUT2D eigenvalue weighted by atomic mass is 16.9. The van der Waals surface area contributed by atoms with Crippen LogP contribution in [0.5, 0.6) is 11.5 Å². The molecule has 120 valence electrons. The van der Waals surface area contributed by atoms with Gasteiger partial charge in [0.1, 0.15) is 24.8 Å². The zero-order valence-electron chi connectivity index (χ0n) is 12.1. The molecule has 0 aromatic heterocycles. The van der Waals surface area contributed by atoms with E-state index in [1.165, 1.54) is 0 Å². The number of rotatable bonds is 6. The lowest BCUT2D eigenvalue weighted by Gasteiger charge is -2.28. The fourth-order valence-corrected chi connectivity index (χ4v) is 1.99. The van der Waals surface area contributed by atoms with Crippen molar-refractivity contribution in [3.8, 4) is 11.5 Å². The number of carbonyl (C=O) groups excluding carboxylic acids is 1. The Balaban J connectivity index is 1.90. The third kappa shape index (κ3) is 4.48. The summed E-state index contributed by atoms with van der Waals surface area (Å²) in [5, 5.41) is 11.8. The zero-order chi connectivity index (χ0) is 15.9. The second-order valence-corrected chi connectivity index (χ2v) is 4.57. The van der Waals surface area contributed by atoms with E-state index in [2.05, 4.69) is 10.2 Å². The van der Waals surface area contributed by atoms with Gasteiger partial charge in [-0.3, -0.25) is 4.90 Å². The molecule has 0 aliphatic carbocycles. The first-order valence-electron chi connectivity index (χ1n) is 6.79. The van der Waals surface area contributed by atoms with E-state index in [1.807, 2.05) is 4.90 Å². The molecule has 0 saturated heterocycles. The molecule has 0 radical (unpaired) electrons. The summed E-state index contributed by atoms with van der Waals surface area (Å²) >= 11 is 0. The highest BCUT2D eigenvalue weighted by Crippen LogP contribution is 2.29. The van der Waals surface area contributed by atoms with Crippen LogP contribution in [-0.2, 0) is 11.4 Å². The van der Waals surface area contributed by atoms with Crippen molar-refractivity contribution >= 4 is 6.09 Å². The van der Waals surface area contributed by atoms with Gasteiger partial charge in [0.25, 0.3) is 5.09 Å². The number of amides is 1. The fourth-order valence-electron chi connectivity index (χ4n) is 1.99. The van der Waals surface area contributed by atoms with E-state index in [0.717, 1.165) is 5.56 Å². The fraction of sp³-hybridized carbons (Fsp3) is 0.462. The van der Waals surface area contributed by atoms with Gasteiger partial charge in [-0.15, -0.1) is 10.1 Å². The molecule has 0 unspecified atom stereocenters. The molecule has 9 heteroatoms. The van der Waals surface area contributed by atoms with Crippen molar-refractivity contribution in [3.63, 3.8) is 0 Å². The number of nitrogens with zero attached hydrogens (tertiary/aromatic N) is 2. The average molecular weight is 311 g/mol. The smallest absolute Gasteiger partial charge is 0.412 e. The molecule has 1 amide bonds. The number of hydrogen-bond acceptors (Lipinski definition) is 7. The van der Waals surface area contributed by atoms with Crippen LogP contribution in [0.3, 0.4) is 0 Å². The minimum atomic E-state index is -0.816. The summed E-state index contributed by atoms with van der Waals surface area (Å²) in [6.45, 7) is 3.54. The van der Waals surface area contributed by atoms with E-state index in [9.17, 15) is 14.9 Å². The maximum Gasteiger partial charge on any atom is 0.412 e. The average Bonchev–Trinajstić information content (AvgIpc) is 2.47. The van der Waals surface area contributed by atoms with Gasteiger partial charge in [0.15, 0.2) is 0 Å². The molecule has 0 atom stereocenters. The molecule has 1 heterocycles. The van der Waals surface area contributed by atoms with Crippen LogP contribution >= 0.6 is 0 Å². The quantitative estimate of drug-likeness (QED) is 0.621. The largest absolute Gasteiger partial charge is 0.478 e. The Morgan fingerprint density at radius 3 is 3.09 bits per heavy atom. The third-order valence-corrected chi connectivity index (χ3v) is 2.97. The van der Waals surface area contributed by atoms with Gasteiger partial charge in [-0.2, -0.15) is 0 Å². The number of carbonyl (C=O) groups is 1. The van der Waals surface area contributed by atoms with E-state index < -0.39 is 11.2 Å². The van der Waals surface area contributed by atoms with Gasteiger partial charge in [-0.25, -0.2) is 4.79 Å². The molecule has 0 fully saturated rings. The van der Waals surface area contributed by atoms with Crippen LogP contribution in [0.4, 0.5) is 4.79 Å². The minimum absolute atomic E-state index is 0.00984. The molecule has 0 spiro atoms. The number of nitrogens with one attached hydrogen (secondary N) is 1. The van der Waals surface area contributed by atoms with Crippen LogP contribution in [0.15, 0.2) is 18.2 Å². The molecule has 0 saturated carbocycles. The van der Waals surface area contributed by atoms with Gasteiger partial charge in [0, 0.05) is 31.3 Å². The summed E-state index contributed by atoms with van der Waals surface area (Å²) in [4.78, 5) is 27.6. The van der Waals surface area contributed by atoms with Gasteiger partial charge in [0.2, 0.25) is 0 Å². The predicted molar refractivity (Wildman–Crippen MR) is 75.0 cm³/mol. The highest BCUT2D eigenvalue weighted by Gasteiger charge is 2.18. The number of hydrogen-bond donors (Lipinski definition) is 1. The Morgan fingerprint density at radius 2 is 2.36 bits per heavy atom.